The molecule has 0 atom stereocenters. The summed E-state index contributed by atoms with van der Waals surface area (Å²) in [5.74, 6) is 0.198. The van der Waals surface area contributed by atoms with Gasteiger partial charge in [0.2, 0.25) is 10.0 Å². The van der Waals surface area contributed by atoms with Gasteiger partial charge in [-0.2, -0.15) is 0 Å². The molecule has 0 aromatic rings. The number of sulfonamides is 1. The topological polar surface area (TPSA) is 57.6 Å². The Morgan fingerprint density at radius 1 is 1.06 bits per heavy atom. The first-order valence-corrected chi connectivity index (χ1v) is 8.78. The molecular formula is C13H25NO3S. The van der Waals surface area contributed by atoms with Gasteiger partial charge in [0.05, 0.1) is 5.75 Å². The van der Waals surface area contributed by atoms with E-state index in [9.17, 15) is 8.42 Å². The highest BCUT2D eigenvalue weighted by molar-refractivity contribution is 7.89. The fraction of sp³-hybridized carbons (Fsp3) is 1.00. The predicted molar refractivity (Wildman–Crippen MR) is 71.8 cm³/mol. The summed E-state index contributed by atoms with van der Waals surface area (Å²) < 4.78 is 26.1. The molecule has 2 rings (SSSR count). The molecular weight excluding hydrogens is 250 g/mol. The summed E-state index contributed by atoms with van der Waals surface area (Å²) in [5.41, 5.74) is 0.294. The van der Waals surface area contributed by atoms with Crippen molar-refractivity contribution >= 4 is 10.0 Å². The van der Waals surface area contributed by atoms with Crippen molar-refractivity contribution in [2.45, 2.75) is 51.4 Å². The van der Waals surface area contributed by atoms with Gasteiger partial charge in [-0.1, -0.05) is 19.3 Å². The van der Waals surface area contributed by atoms with Crippen molar-refractivity contribution in [1.82, 2.24) is 4.31 Å². The van der Waals surface area contributed by atoms with Crippen LogP contribution >= 0.6 is 0 Å². The molecule has 18 heavy (non-hydrogen) atoms. The fourth-order valence-corrected chi connectivity index (χ4v) is 5.03. The zero-order valence-corrected chi connectivity index (χ0v) is 11.9. The summed E-state index contributed by atoms with van der Waals surface area (Å²) >= 11 is 0. The van der Waals surface area contributed by atoms with Gasteiger partial charge in [-0.3, -0.25) is 0 Å². The molecule has 0 radical (unpaired) electrons. The smallest absolute Gasteiger partial charge is 0.214 e. The zero-order chi connectivity index (χ0) is 13.1. The van der Waals surface area contributed by atoms with Crippen LogP contribution < -0.4 is 0 Å². The number of unbranched alkanes of at least 4 members (excludes halogenated alkanes) is 1. The van der Waals surface area contributed by atoms with Crippen LogP contribution in [0.25, 0.3) is 0 Å². The third-order valence-electron chi connectivity index (χ3n) is 4.52. The summed E-state index contributed by atoms with van der Waals surface area (Å²) in [4.78, 5) is 0. The van der Waals surface area contributed by atoms with Crippen LogP contribution in [0.1, 0.15) is 51.4 Å². The van der Waals surface area contributed by atoms with E-state index in [0.29, 0.717) is 24.8 Å². The molecule has 2 fully saturated rings. The molecule has 0 aromatic heterocycles. The van der Waals surface area contributed by atoms with Crippen molar-refractivity contribution in [3.8, 4) is 0 Å². The van der Waals surface area contributed by atoms with Crippen LogP contribution in [0.5, 0.6) is 0 Å². The number of rotatable bonds is 5. The third-order valence-corrected chi connectivity index (χ3v) is 6.42. The average molecular weight is 275 g/mol. The maximum atomic E-state index is 12.2. The maximum Gasteiger partial charge on any atom is 0.214 e. The number of aliphatic hydroxyl groups excluding tert-OH is 1. The van der Waals surface area contributed by atoms with Crippen molar-refractivity contribution in [1.29, 1.82) is 0 Å². The lowest BCUT2D eigenvalue weighted by atomic mass is 9.74. The van der Waals surface area contributed by atoms with Crippen LogP contribution in [0.2, 0.25) is 0 Å². The first-order valence-electron chi connectivity index (χ1n) is 7.17. The Balaban J connectivity index is 1.91. The fourth-order valence-electron chi connectivity index (χ4n) is 3.37. The molecule has 5 heteroatoms. The second-order valence-corrected chi connectivity index (χ2v) is 7.98. The largest absolute Gasteiger partial charge is 0.396 e. The number of hydrogen-bond donors (Lipinski definition) is 1. The van der Waals surface area contributed by atoms with E-state index in [1.54, 1.807) is 4.31 Å². The molecule has 0 unspecified atom stereocenters. The molecule has 1 saturated heterocycles. The normalized spacial score (nSPS) is 24.7. The van der Waals surface area contributed by atoms with Crippen molar-refractivity contribution in [3.05, 3.63) is 0 Å². The Bertz CT molecular complexity index is 360. The molecule has 2 aliphatic rings. The molecule has 106 valence electrons. The second kappa shape index (κ2) is 5.88. The predicted octanol–water partition coefficient (Wildman–Crippen LogP) is 1.74. The Morgan fingerprint density at radius 2 is 1.78 bits per heavy atom. The minimum absolute atomic E-state index is 0.0828. The monoisotopic (exact) mass is 275 g/mol. The van der Waals surface area contributed by atoms with Crippen molar-refractivity contribution in [2.75, 3.05) is 25.4 Å². The lowest BCUT2D eigenvalue weighted by Gasteiger charge is -2.33. The summed E-state index contributed by atoms with van der Waals surface area (Å²) in [6.07, 6.45) is 8.44. The highest BCUT2D eigenvalue weighted by atomic mass is 32.2. The molecule has 1 aliphatic heterocycles. The van der Waals surface area contributed by atoms with E-state index in [0.717, 1.165) is 13.0 Å². The minimum Gasteiger partial charge on any atom is -0.396 e. The van der Waals surface area contributed by atoms with E-state index in [4.69, 9.17) is 5.11 Å². The molecule has 1 spiro atoms. The average Bonchev–Trinajstić information content (AvgIpc) is 2.75. The van der Waals surface area contributed by atoms with Crippen LogP contribution in [-0.2, 0) is 10.0 Å². The molecule has 1 heterocycles. The quantitative estimate of drug-likeness (QED) is 0.778. The van der Waals surface area contributed by atoms with Gasteiger partial charge in [-0.05, 0) is 37.5 Å². The molecule has 0 bridgehead atoms. The van der Waals surface area contributed by atoms with Crippen LogP contribution in [-0.4, -0.2) is 43.3 Å². The van der Waals surface area contributed by atoms with Crippen LogP contribution in [0.15, 0.2) is 0 Å². The van der Waals surface area contributed by atoms with Crippen LogP contribution in [0.3, 0.4) is 0 Å². The van der Waals surface area contributed by atoms with Gasteiger partial charge in [0.25, 0.3) is 0 Å². The second-order valence-electron chi connectivity index (χ2n) is 5.89. The first-order chi connectivity index (χ1) is 8.58. The highest BCUT2D eigenvalue weighted by Crippen LogP contribution is 2.44. The molecule has 1 saturated carbocycles. The Labute approximate surface area is 110 Å². The Morgan fingerprint density at radius 3 is 2.44 bits per heavy atom. The van der Waals surface area contributed by atoms with Crippen molar-refractivity contribution in [3.63, 3.8) is 0 Å². The molecule has 1 aliphatic carbocycles. The molecule has 4 nitrogen and oxygen atoms in total. The Hall–Kier alpha value is -0.130. The van der Waals surface area contributed by atoms with Gasteiger partial charge in [-0.15, -0.1) is 0 Å². The Kier molecular flexibility index (Phi) is 4.67. The molecule has 0 aromatic carbocycles. The van der Waals surface area contributed by atoms with Gasteiger partial charge >= 0.3 is 0 Å². The van der Waals surface area contributed by atoms with E-state index in [1.807, 2.05) is 0 Å². The summed E-state index contributed by atoms with van der Waals surface area (Å²) in [6, 6.07) is 0. The van der Waals surface area contributed by atoms with E-state index in [2.05, 4.69) is 0 Å². The van der Waals surface area contributed by atoms with E-state index in [1.165, 1.54) is 32.1 Å². The van der Waals surface area contributed by atoms with E-state index in [-0.39, 0.29) is 12.4 Å². The van der Waals surface area contributed by atoms with Gasteiger partial charge in [0, 0.05) is 19.7 Å². The first kappa shape index (κ1) is 14.3. The molecule has 0 amide bonds. The van der Waals surface area contributed by atoms with Crippen LogP contribution in [0.4, 0.5) is 0 Å². The van der Waals surface area contributed by atoms with Crippen molar-refractivity contribution in [2.24, 2.45) is 5.41 Å². The van der Waals surface area contributed by atoms with Crippen molar-refractivity contribution < 1.29 is 13.5 Å². The number of nitrogens with zero attached hydrogens (tertiary/aromatic N) is 1. The minimum atomic E-state index is -3.09. The van der Waals surface area contributed by atoms with Gasteiger partial charge < -0.3 is 5.11 Å². The lowest BCUT2D eigenvalue weighted by Crippen LogP contribution is -2.34. The summed E-state index contributed by atoms with van der Waals surface area (Å²) in [7, 11) is -3.09. The third kappa shape index (κ3) is 3.25. The van der Waals surface area contributed by atoms with E-state index >= 15 is 0 Å². The van der Waals surface area contributed by atoms with Gasteiger partial charge in [-0.25, -0.2) is 12.7 Å². The maximum absolute atomic E-state index is 12.2. The SMILES string of the molecule is O=S(=O)(CCCCO)N1CCC2(CCCCC2)C1. The number of aliphatic hydroxyl groups is 1. The van der Waals surface area contributed by atoms with E-state index < -0.39 is 10.0 Å². The van der Waals surface area contributed by atoms with Crippen LogP contribution in [0, 0.1) is 5.41 Å². The number of hydrogen-bond acceptors (Lipinski definition) is 3. The summed E-state index contributed by atoms with van der Waals surface area (Å²) in [5, 5.41) is 8.72. The highest BCUT2D eigenvalue weighted by Gasteiger charge is 2.42. The summed E-state index contributed by atoms with van der Waals surface area (Å²) in [6.45, 7) is 1.54. The molecule has 1 N–H and O–H groups in total. The van der Waals surface area contributed by atoms with Gasteiger partial charge in [0.15, 0.2) is 0 Å². The standard InChI is InChI=1S/C13H25NO3S/c15-10-4-5-11-18(16,17)14-9-8-13(12-14)6-2-1-3-7-13/h15H,1-12H2. The zero-order valence-electron chi connectivity index (χ0n) is 11.1. The lowest BCUT2D eigenvalue weighted by molar-refractivity contribution is 0.205. The van der Waals surface area contributed by atoms with Gasteiger partial charge in [0.1, 0.15) is 0 Å².